The van der Waals surface area contributed by atoms with Crippen molar-refractivity contribution >= 4 is 15.8 Å². The molecule has 0 atom stereocenters. The van der Waals surface area contributed by atoms with E-state index in [9.17, 15) is 21.6 Å². The lowest BCUT2D eigenvalue weighted by atomic mass is 10.1. The molecule has 2 heterocycles. The summed E-state index contributed by atoms with van der Waals surface area (Å²) in [5.74, 6) is 0.215. The molecule has 0 radical (unpaired) electrons. The van der Waals surface area contributed by atoms with Gasteiger partial charge in [-0.3, -0.25) is 0 Å². The molecule has 1 aliphatic heterocycles. The van der Waals surface area contributed by atoms with Crippen LogP contribution in [0.1, 0.15) is 25.3 Å². The summed E-state index contributed by atoms with van der Waals surface area (Å²) in [5, 5.41) is 2.95. The molecular weight excluding hydrogens is 319 g/mol. The summed E-state index contributed by atoms with van der Waals surface area (Å²) in [7, 11) is -3.20. The minimum atomic E-state index is -4.40. The molecule has 1 N–H and O–H groups in total. The van der Waals surface area contributed by atoms with Crippen LogP contribution in [0.25, 0.3) is 0 Å². The number of hydrogen-bond donors (Lipinski definition) is 1. The van der Waals surface area contributed by atoms with Gasteiger partial charge in [0.05, 0.1) is 11.3 Å². The Hall–Kier alpha value is -1.35. The van der Waals surface area contributed by atoms with Gasteiger partial charge in [-0.1, -0.05) is 0 Å². The predicted molar refractivity (Wildman–Crippen MR) is 76.9 cm³/mol. The standard InChI is InChI=1S/C13H18F3N3O2S/c1-2-22(20,21)19-7-4-11(5-8-19)18-12-9-10(3-6-17-12)13(14,15)16/h3,6,9,11H,2,4-5,7-8H2,1H3,(H,17,18). The number of sulfonamides is 1. The first-order chi connectivity index (χ1) is 10.2. The number of rotatable bonds is 4. The van der Waals surface area contributed by atoms with E-state index in [1.165, 1.54) is 4.31 Å². The molecule has 0 amide bonds. The van der Waals surface area contributed by atoms with E-state index in [2.05, 4.69) is 10.3 Å². The van der Waals surface area contributed by atoms with E-state index in [1.54, 1.807) is 6.92 Å². The van der Waals surface area contributed by atoms with Gasteiger partial charge in [-0.15, -0.1) is 0 Å². The molecule has 22 heavy (non-hydrogen) atoms. The zero-order valence-electron chi connectivity index (χ0n) is 12.1. The Morgan fingerprint density at radius 2 is 2.00 bits per heavy atom. The van der Waals surface area contributed by atoms with Crippen molar-refractivity contribution in [2.75, 3.05) is 24.2 Å². The van der Waals surface area contributed by atoms with Crippen LogP contribution in [0.3, 0.4) is 0 Å². The quantitative estimate of drug-likeness (QED) is 0.916. The zero-order chi connectivity index (χ0) is 16.4. The van der Waals surface area contributed by atoms with Crippen molar-refractivity contribution in [3.05, 3.63) is 23.9 Å². The Morgan fingerprint density at radius 1 is 1.36 bits per heavy atom. The highest BCUT2D eigenvalue weighted by Gasteiger charge is 2.31. The van der Waals surface area contributed by atoms with E-state index < -0.39 is 21.8 Å². The third-order valence-corrected chi connectivity index (χ3v) is 5.53. The Labute approximate surface area is 127 Å². The second-order valence-electron chi connectivity index (χ2n) is 5.15. The van der Waals surface area contributed by atoms with E-state index in [1.807, 2.05) is 0 Å². The average Bonchev–Trinajstić information content (AvgIpc) is 2.47. The van der Waals surface area contributed by atoms with Gasteiger partial charge in [-0.25, -0.2) is 17.7 Å². The van der Waals surface area contributed by atoms with Gasteiger partial charge in [0, 0.05) is 25.3 Å². The van der Waals surface area contributed by atoms with Crippen LogP contribution in [0.4, 0.5) is 19.0 Å². The SMILES string of the molecule is CCS(=O)(=O)N1CCC(Nc2cc(C(F)(F)F)ccn2)CC1. The molecular formula is C13H18F3N3O2S. The monoisotopic (exact) mass is 337 g/mol. The molecule has 0 bridgehead atoms. The number of pyridine rings is 1. The second-order valence-corrected chi connectivity index (χ2v) is 7.40. The summed E-state index contributed by atoms with van der Waals surface area (Å²) in [4.78, 5) is 3.89. The molecule has 1 aromatic heterocycles. The fraction of sp³-hybridized carbons (Fsp3) is 0.615. The van der Waals surface area contributed by atoms with Crippen molar-refractivity contribution in [2.24, 2.45) is 0 Å². The highest BCUT2D eigenvalue weighted by atomic mass is 32.2. The number of halogens is 3. The summed E-state index contributed by atoms with van der Waals surface area (Å²) in [6.07, 6.45) is -2.21. The van der Waals surface area contributed by atoms with Crippen LogP contribution in [-0.4, -0.2) is 42.6 Å². The largest absolute Gasteiger partial charge is 0.416 e. The maximum absolute atomic E-state index is 12.6. The van der Waals surface area contributed by atoms with E-state index in [-0.39, 0.29) is 17.6 Å². The van der Waals surface area contributed by atoms with Gasteiger partial charge in [-0.2, -0.15) is 13.2 Å². The topological polar surface area (TPSA) is 62.3 Å². The van der Waals surface area contributed by atoms with Gasteiger partial charge in [0.25, 0.3) is 0 Å². The number of alkyl halides is 3. The first-order valence-electron chi connectivity index (χ1n) is 7.00. The Balaban J connectivity index is 1.97. The average molecular weight is 337 g/mol. The molecule has 0 aliphatic carbocycles. The summed E-state index contributed by atoms with van der Waals surface area (Å²) in [6.45, 7) is 2.33. The van der Waals surface area contributed by atoms with Crippen LogP contribution in [0, 0.1) is 0 Å². The van der Waals surface area contributed by atoms with Crippen LogP contribution in [0.15, 0.2) is 18.3 Å². The lowest BCUT2D eigenvalue weighted by Gasteiger charge is -2.31. The first-order valence-corrected chi connectivity index (χ1v) is 8.61. The molecule has 1 aliphatic rings. The number of nitrogens with one attached hydrogen (secondary N) is 1. The van der Waals surface area contributed by atoms with Gasteiger partial charge in [0.1, 0.15) is 5.82 Å². The summed E-state index contributed by atoms with van der Waals surface area (Å²) < 4.78 is 62.8. The van der Waals surface area contributed by atoms with Crippen LogP contribution in [-0.2, 0) is 16.2 Å². The van der Waals surface area contributed by atoms with Crippen molar-refractivity contribution in [3.63, 3.8) is 0 Å². The highest BCUT2D eigenvalue weighted by molar-refractivity contribution is 7.89. The molecule has 0 saturated carbocycles. The minimum absolute atomic E-state index is 0.0558. The fourth-order valence-electron chi connectivity index (χ4n) is 2.36. The summed E-state index contributed by atoms with van der Waals surface area (Å²) in [6, 6.07) is 1.80. The molecule has 1 aromatic rings. The summed E-state index contributed by atoms with van der Waals surface area (Å²) >= 11 is 0. The first kappa shape index (κ1) is 17.0. The Kier molecular flexibility index (Phi) is 4.96. The van der Waals surface area contributed by atoms with Crippen LogP contribution in [0.2, 0.25) is 0 Å². The fourth-order valence-corrected chi connectivity index (χ4v) is 3.49. The number of piperidine rings is 1. The summed E-state index contributed by atoms with van der Waals surface area (Å²) in [5.41, 5.74) is -0.754. The number of aromatic nitrogens is 1. The van der Waals surface area contributed by atoms with Gasteiger partial charge in [0.2, 0.25) is 10.0 Å². The van der Waals surface area contributed by atoms with Crippen LogP contribution >= 0.6 is 0 Å². The lowest BCUT2D eigenvalue weighted by molar-refractivity contribution is -0.137. The molecule has 1 fully saturated rings. The number of anilines is 1. The van der Waals surface area contributed by atoms with E-state index >= 15 is 0 Å². The molecule has 9 heteroatoms. The molecule has 2 rings (SSSR count). The number of nitrogens with zero attached hydrogens (tertiary/aromatic N) is 2. The number of hydrogen-bond acceptors (Lipinski definition) is 4. The van der Waals surface area contributed by atoms with E-state index in [4.69, 9.17) is 0 Å². The van der Waals surface area contributed by atoms with Gasteiger partial charge < -0.3 is 5.32 Å². The van der Waals surface area contributed by atoms with Crippen LogP contribution < -0.4 is 5.32 Å². The van der Waals surface area contributed by atoms with Crippen molar-refractivity contribution in [1.82, 2.24) is 9.29 Å². The maximum atomic E-state index is 12.6. The van der Waals surface area contributed by atoms with Gasteiger partial charge in [-0.05, 0) is 31.9 Å². The second kappa shape index (κ2) is 6.41. The van der Waals surface area contributed by atoms with E-state index in [0.717, 1.165) is 18.3 Å². The molecule has 5 nitrogen and oxygen atoms in total. The van der Waals surface area contributed by atoms with Gasteiger partial charge in [0.15, 0.2) is 0 Å². The zero-order valence-corrected chi connectivity index (χ0v) is 12.9. The van der Waals surface area contributed by atoms with Gasteiger partial charge >= 0.3 is 6.18 Å². The third-order valence-electron chi connectivity index (χ3n) is 3.65. The predicted octanol–water partition coefficient (Wildman–Crippen LogP) is 2.33. The molecule has 124 valence electrons. The van der Waals surface area contributed by atoms with Crippen molar-refractivity contribution in [1.29, 1.82) is 0 Å². The molecule has 0 aromatic carbocycles. The molecule has 0 unspecified atom stereocenters. The van der Waals surface area contributed by atoms with Crippen molar-refractivity contribution in [3.8, 4) is 0 Å². The smallest absolute Gasteiger partial charge is 0.367 e. The van der Waals surface area contributed by atoms with E-state index in [0.29, 0.717) is 25.9 Å². The Bertz CT molecular complexity index is 611. The third kappa shape index (κ3) is 4.10. The molecule has 1 saturated heterocycles. The van der Waals surface area contributed by atoms with Crippen LogP contribution in [0.5, 0.6) is 0 Å². The maximum Gasteiger partial charge on any atom is 0.416 e. The Morgan fingerprint density at radius 3 is 2.55 bits per heavy atom. The normalized spacial score (nSPS) is 18.4. The minimum Gasteiger partial charge on any atom is -0.367 e. The van der Waals surface area contributed by atoms with Crippen molar-refractivity contribution < 1.29 is 21.6 Å². The highest BCUT2D eigenvalue weighted by Crippen LogP contribution is 2.30. The molecule has 0 spiro atoms. The van der Waals surface area contributed by atoms with Crippen molar-refractivity contribution in [2.45, 2.75) is 32.0 Å². The lowest BCUT2D eigenvalue weighted by Crippen LogP contribution is -2.43.